The molecule has 0 aromatic carbocycles. The van der Waals surface area contributed by atoms with Crippen LogP contribution in [0.4, 0.5) is 0 Å². The van der Waals surface area contributed by atoms with Gasteiger partial charge in [0.05, 0.1) is 6.61 Å². The average Bonchev–Trinajstić information content (AvgIpc) is 2.62. The van der Waals surface area contributed by atoms with Gasteiger partial charge in [-0.15, -0.1) is 0 Å². The molecular weight excluding hydrogens is 314 g/mol. The van der Waals surface area contributed by atoms with E-state index >= 15 is 0 Å². The summed E-state index contributed by atoms with van der Waals surface area (Å²) in [6.45, 7) is 8.07. The van der Waals surface area contributed by atoms with E-state index in [0.717, 1.165) is 77.3 Å². The minimum absolute atomic E-state index is 0.0255. The highest BCUT2D eigenvalue weighted by atomic mass is 16.5. The van der Waals surface area contributed by atoms with E-state index in [4.69, 9.17) is 4.74 Å². The molecule has 0 aliphatic heterocycles. The van der Waals surface area contributed by atoms with E-state index in [9.17, 15) is 9.59 Å². The van der Waals surface area contributed by atoms with Crippen molar-refractivity contribution in [2.45, 2.75) is 91.4 Å². The van der Waals surface area contributed by atoms with Gasteiger partial charge in [0, 0.05) is 13.1 Å². The second-order valence-corrected chi connectivity index (χ2v) is 7.37. The summed E-state index contributed by atoms with van der Waals surface area (Å²) in [5.41, 5.74) is 0. The zero-order valence-electron chi connectivity index (χ0n) is 16.7. The van der Waals surface area contributed by atoms with E-state index in [1.165, 1.54) is 6.42 Å². The van der Waals surface area contributed by atoms with Gasteiger partial charge < -0.3 is 9.64 Å². The van der Waals surface area contributed by atoms with Crippen LogP contribution in [-0.2, 0) is 14.3 Å². The molecule has 146 valence electrons. The van der Waals surface area contributed by atoms with Crippen molar-refractivity contribution in [3.63, 3.8) is 0 Å². The fourth-order valence-electron chi connectivity index (χ4n) is 3.83. The number of carbonyl (C=O) groups is 2. The van der Waals surface area contributed by atoms with Crippen molar-refractivity contribution in [2.75, 3.05) is 19.7 Å². The number of hydrogen-bond acceptors (Lipinski definition) is 3. The molecule has 0 aromatic rings. The van der Waals surface area contributed by atoms with E-state index < -0.39 is 5.92 Å². The van der Waals surface area contributed by atoms with Crippen molar-refractivity contribution in [3.05, 3.63) is 0 Å². The van der Waals surface area contributed by atoms with Gasteiger partial charge in [-0.3, -0.25) is 9.59 Å². The van der Waals surface area contributed by atoms with Crippen molar-refractivity contribution in [3.8, 4) is 0 Å². The maximum absolute atomic E-state index is 13.3. The smallest absolute Gasteiger partial charge is 0.318 e. The zero-order valence-corrected chi connectivity index (χ0v) is 16.7. The number of esters is 1. The maximum Gasteiger partial charge on any atom is 0.318 e. The van der Waals surface area contributed by atoms with Gasteiger partial charge >= 0.3 is 5.97 Å². The molecule has 1 aliphatic carbocycles. The van der Waals surface area contributed by atoms with E-state index in [2.05, 4.69) is 13.8 Å². The van der Waals surface area contributed by atoms with E-state index in [1.54, 1.807) is 0 Å². The Morgan fingerprint density at radius 3 is 1.96 bits per heavy atom. The van der Waals surface area contributed by atoms with Crippen LogP contribution < -0.4 is 0 Å². The fourth-order valence-corrected chi connectivity index (χ4v) is 3.83. The van der Waals surface area contributed by atoms with Crippen LogP contribution in [0.2, 0.25) is 0 Å². The topological polar surface area (TPSA) is 46.6 Å². The first-order chi connectivity index (χ1) is 12.2. The van der Waals surface area contributed by atoms with Crippen LogP contribution in [0.15, 0.2) is 0 Å². The summed E-state index contributed by atoms with van der Waals surface area (Å²) in [5.74, 6) is -0.684. The lowest BCUT2D eigenvalue weighted by molar-refractivity contribution is -0.159. The number of unbranched alkanes of at least 4 members (excludes halogenated alkanes) is 4. The molecule has 0 spiro atoms. The number of amides is 1. The normalized spacial score (nSPS) is 16.4. The predicted octanol–water partition coefficient (Wildman–Crippen LogP) is 4.96. The van der Waals surface area contributed by atoms with Crippen molar-refractivity contribution in [2.24, 2.45) is 11.8 Å². The molecule has 1 saturated carbocycles. The van der Waals surface area contributed by atoms with Gasteiger partial charge in [-0.1, -0.05) is 58.8 Å². The molecule has 1 aliphatic rings. The summed E-state index contributed by atoms with van der Waals surface area (Å²) in [6.07, 6.45) is 12.0. The lowest BCUT2D eigenvalue weighted by Crippen LogP contribution is -2.45. The van der Waals surface area contributed by atoms with Crippen LogP contribution in [0, 0.1) is 11.8 Å². The Balaban J connectivity index is 2.83. The van der Waals surface area contributed by atoms with Crippen LogP contribution in [0.25, 0.3) is 0 Å². The second kappa shape index (κ2) is 13.2. The van der Waals surface area contributed by atoms with Crippen LogP contribution in [0.5, 0.6) is 0 Å². The fraction of sp³-hybridized carbons (Fsp3) is 0.905. The zero-order chi connectivity index (χ0) is 18.5. The highest BCUT2D eigenvalue weighted by Crippen LogP contribution is 2.32. The van der Waals surface area contributed by atoms with Crippen LogP contribution in [0.1, 0.15) is 91.4 Å². The number of nitrogens with zero attached hydrogens (tertiary/aromatic N) is 1. The molecule has 1 unspecified atom stereocenters. The molecule has 4 nitrogen and oxygen atoms in total. The first-order valence-corrected chi connectivity index (χ1v) is 10.6. The standard InChI is InChI=1S/C21H39NO3/c1-4-7-12-16-22(17-13-8-5-2)20(23)19(21(24)25-6-3)18-14-10-9-11-15-18/h18-19H,4-17H2,1-3H3. The highest BCUT2D eigenvalue weighted by Gasteiger charge is 2.38. The first-order valence-electron chi connectivity index (χ1n) is 10.6. The van der Waals surface area contributed by atoms with Crippen molar-refractivity contribution in [1.82, 2.24) is 4.90 Å². The second-order valence-electron chi connectivity index (χ2n) is 7.37. The van der Waals surface area contributed by atoms with Crippen LogP contribution >= 0.6 is 0 Å². The lowest BCUT2D eigenvalue weighted by Gasteiger charge is -2.32. The summed E-state index contributed by atoms with van der Waals surface area (Å²) in [6, 6.07) is 0. The van der Waals surface area contributed by atoms with Crippen molar-refractivity contribution in [1.29, 1.82) is 0 Å². The molecule has 1 fully saturated rings. The van der Waals surface area contributed by atoms with Crippen molar-refractivity contribution < 1.29 is 14.3 Å². The molecule has 1 atom stereocenters. The third kappa shape index (κ3) is 7.79. The Bertz CT molecular complexity index is 367. The molecule has 1 amide bonds. The summed E-state index contributed by atoms with van der Waals surface area (Å²) < 4.78 is 5.29. The lowest BCUT2D eigenvalue weighted by atomic mass is 9.79. The third-order valence-corrected chi connectivity index (χ3v) is 5.30. The summed E-state index contributed by atoms with van der Waals surface area (Å²) in [4.78, 5) is 27.8. The Labute approximate surface area is 154 Å². The van der Waals surface area contributed by atoms with Gasteiger partial charge in [0.15, 0.2) is 0 Å². The predicted molar refractivity (Wildman–Crippen MR) is 102 cm³/mol. The van der Waals surface area contributed by atoms with Gasteiger partial charge in [0.25, 0.3) is 0 Å². The summed E-state index contributed by atoms with van der Waals surface area (Å²) in [7, 11) is 0. The molecule has 4 heteroatoms. The molecule has 1 rings (SSSR count). The molecule has 0 bridgehead atoms. The Morgan fingerprint density at radius 2 is 1.48 bits per heavy atom. The number of hydrogen-bond donors (Lipinski definition) is 0. The average molecular weight is 354 g/mol. The van der Waals surface area contributed by atoms with Crippen LogP contribution in [0.3, 0.4) is 0 Å². The van der Waals surface area contributed by atoms with Crippen molar-refractivity contribution >= 4 is 11.9 Å². The number of carbonyl (C=O) groups excluding carboxylic acids is 2. The quantitative estimate of drug-likeness (QED) is 0.283. The number of ether oxygens (including phenoxy) is 1. The minimum Gasteiger partial charge on any atom is -0.465 e. The van der Waals surface area contributed by atoms with Gasteiger partial charge in [-0.05, 0) is 38.5 Å². The Kier molecular flexibility index (Phi) is 11.6. The molecule has 25 heavy (non-hydrogen) atoms. The molecule has 0 radical (unpaired) electrons. The van der Waals surface area contributed by atoms with E-state index in [0.29, 0.717) is 6.61 Å². The monoisotopic (exact) mass is 353 g/mol. The van der Waals surface area contributed by atoms with Gasteiger partial charge in [0.2, 0.25) is 5.91 Å². The van der Waals surface area contributed by atoms with Gasteiger partial charge in [-0.25, -0.2) is 0 Å². The van der Waals surface area contributed by atoms with E-state index in [-0.39, 0.29) is 17.8 Å². The van der Waals surface area contributed by atoms with Gasteiger partial charge in [-0.2, -0.15) is 0 Å². The molecule has 0 aromatic heterocycles. The molecular formula is C21H39NO3. The van der Waals surface area contributed by atoms with Gasteiger partial charge in [0.1, 0.15) is 5.92 Å². The third-order valence-electron chi connectivity index (χ3n) is 5.30. The summed E-state index contributed by atoms with van der Waals surface area (Å²) in [5, 5.41) is 0. The SMILES string of the molecule is CCCCCN(CCCCC)C(=O)C(C(=O)OCC)C1CCCCC1. The summed E-state index contributed by atoms with van der Waals surface area (Å²) >= 11 is 0. The first kappa shape index (κ1) is 22.0. The maximum atomic E-state index is 13.3. The largest absolute Gasteiger partial charge is 0.465 e. The minimum atomic E-state index is -0.580. The Hall–Kier alpha value is -1.06. The molecule has 0 saturated heterocycles. The highest BCUT2D eigenvalue weighted by molar-refractivity contribution is 5.98. The Morgan fingerprint density at radius 1 is 0.920 bits per heavy atom. The molecule has 0 N–H and O–H groups in total. The number of rotatable bonds is 12. The molecule has 0 heterocycles. The van der Waals surface area contributed by atoms with E-state index in [1.807, 2.05) is 11.8 Å². The van der Waals surface area contributed by atoms with Crippen LogP contribution in [-0.4, -0.2) is 36.5 Å².